The average molecular weight is 1000 g/mol. The lowest BCUT2D eigenvalue weighted by Gasteiger charge is -2.18. The van der Waals surface area contributed by atoms with Crippen LogP contribution in [0.15, 0.2) is 24.3 Å². The van der Waals surface area contributed by atoms with E-state index in [-0.39, 0.29) is 31.1 Å². The second kappa shape index (κ2) is 60.4. The quantitative estimate of drug-likeness (QED) is 0.0261. The van der Waals surface area contributed by atoms with Crippen molar-refractivity contribution in [3.63, 3.8) is 0 Å². The maximum atomic E-state index is 12.9. The van der Waals surface area contributed by atoms with Gasteiger partial charge in [-0.15, -0.1) is 0 Å². The smallest absolute Gasteiger partial charge is 0.306 e. The third kappa shape index (κ3) is 58.7. The molecule has 6 nitrogen and oxygen atoms in total. The first-order valence-corrected chi connectivity index (χ1v) is 31.8. The first kappa shape index (κ1) is 68.9. The van der Waals surface area contributed by atoms with Crippen LogP contribution in [0.1, 0.15) is 355 Å². The molecule has 418 valence electrons. The van der Waals surface area contributed by atoms with Crippen LogP contribution in [-0.4, -0.2) is 37.2 Å². The Labute approximate surface area is 443 Å². The number of allylic oxidation sites excluding steroid dienone is 4. The van der Waals surface area contributed by atoms with Gasteiger partial charge in [0.1, 0.15) is 13.2 Å². The summed E-state index contributed by atoms with van der Waals surface area (Å²) in [5, 5.41) is 0. The Hall–Kier alpha value is -2.11. The molecule has 0 aromatic carbocycles. The van der Waals surface area contributed by atoms with Crippen LogP contribution in [0.3, 0.4) is 0 Å². The van der Waals surface area contributed by atoms with Crippen LogP contribution >= 0.6 is 0 Å². The highest BCUT2D eigenvalue weighted by Crippen LogP contribution is 2.18. The highest BCUT2D eigenvalue weighted by atomic mass is 16.6. The van der Waals surface area contributed by atoms with Crippen molar-refractivity contribution in [3.05, 3.63) is 24.3 Å². The predicted molar refractivity (Wildman–Crippen MR) is 307 cm³/mol. The van der Waals surface area contributed by atoms with E-state index < -0.39 is 6.10 Å². The molecule has 0 saturated carbocycles. The van der Waals surface area contributed by atoms with Gasteiger partial charge in [-0.3, -0.25) is 14.4 Å². The van der Waals surface area contributed by atoms with Gasteiger partial charge in [0.2, 0.25) is 0 Å². The molecule has 0 heterocycles. The first-order valence-electron chi connectivity index (χ1n) is 31.8. The van der Waals surface area contributed by atoms with Crippen molar-refractivity contribution in [1.29, 1.82) is 0 Å². The molecule has 0 aliphatic carbocycles. The number of ether oxygens (including phenoxy) is 3. The van der Waals surface area contributed by atoms with Crippen LogP contribution in [0, 0.1) is 0 Å². The van der Waals surface area contributed by atoms with Gasteiger partial charge in [-0.05, 0) is 51.4 Å². The minimum Gasteiger partial charge on any atom is -0.462 e. The molecule has 0 fully saturated rings. The first-order chi connectivity index (χ1) is 35.0. The van der Waals surface area contributed by atoms with Crippen molar-refractivity contribution in [2.24, 2.45) is 0 Å². The summed E-state index contributed by atoms with van der Waals surface area (Å²) in [5.74, 6) is -0.856. The lowest BCUT2D eigenvalue weighted by Crippen LogP contribution is -2.30. The fraction of sp³-hybridized carbons (Fsp3) is 0.892. The minimum absolute atomic E-state index is 0.0696. The van der Waals surface area contributed by atoms with Crippen molar-refractivity contribution in [2.45, 2.75) is 361 Å². The van der Waals surface area contributed by atoms with E-state index >= 15 is 0 Å². The van der Waals surface area contributed by atoms with E-state index in [0.29, 0.717) is 19.3 Å². The van der Waals surface area contributed by atoms with Gasteiger partial charge in [0.05, 0.1) is 0 Å². The maximum Gasteiger partial charge on any atom is 0.306 e. The topological polar surface area (TPSA) is 78.9 Å². The van der Waals surface area contributed by atoms with Gasteiger partial charge in [-0.25, -0.2) is 0 Å². The molecule has 1 atom stereocenters. The van der Waals surface area contributed by atoms with Crippen LogP contribution in [0.2, 0.25) is 0 Å². The van der Waals surface area contributed by atoms with E-state index in [1.807, 2.05) is 0 Å². The van der Waals surface area contributed by atoms with Crippen molar-refractivity contribution in [1.82, 2.24) is 0 Å². The Kier molecular flexibility index (Phi) is 58.6. The molecule has 0 aliphatic heterocycles. The summed E-state index contributed by atoms with van der Waals surface area (Å²) in [6.07, 6.45) is 71.8. The Morgan fingerprint density at radius 1 is 0.282 bits per heavy atom. The van der Waals surface area contributed by atoms with Gasteiger partial charge in [0.25, 0.3) is 0 Å². The van der Waals surface area contributed by atoms with Gasteiger partial charge in [0, 0.05) is 19.3 Å². The van der Waals surface area contributed by atoms with E-state index in [0.717, 1.165) is 77.0 Å². The summed E-state index contributed by atoms with van der Waals surface area (Å²) >= 11 is 0. The zero-order chi connectivity index (χ0) is 51.4. The standard InChI is InChI=1S/C65H122O6/c1-4-7-10-13-16-19-22-25-28-30-31-32-33-35-37-40-43-46-49-52-55-58-64(67)70-61-62(60-69-63(66)57-54-51-48-45-42-39-36-27-24-21-18-15-12-9-6-3)71-65(68)59-56-53-50-47-44-41-38-34-29-26-23-20-17-14-11-8-5-2/h18,21,27,36,62H,4-17,19-20,22-26,28-35,37-61H2,1-3H3/b21-18-,36-27-. The largest absolute Gasteiger partial charge is 0.462 e. The lowest BCUT2D eigenvalue weighted by molar-refractivity contribution is -0.167. The molecule has 0 bridgehead atoms. The normalized spacial score (nSPS) is 12.1. The van der Waals surface area contributed by atoms with E-state index in [1.54, 1.807) is 0 Å². The van der Waals surface area contributed by atoms with Gasteiger partial charge >= 0.3 is 17.9 Å². The summed E-state index contributed by atoms with van der Waals surface area (Å²) in [7, 11) is 0. The Morgan fingerprint density at radius 2 is 0.507 bits per heavy atom. The van der Waals surface area contributed by atoms with Gasteiger partial charge in [0.15, 0.2) is 6.10 Å². The van der Waals surface area contributed by atoms with Gasteiger partial charge < -0.3 is 14.2 Å². The van der Waals surface area contributed by atoms with Gasteiger partial charge in [-0.1, -0.05) is 308 Å². The van der Waals surface area contributed by atoms with E-state index in [4.69, 9.17) is 14.2 Å². The monoisotopic (exact) mass is 999 g/mol. The molecule has 0 aromatic rings. The average Bonchev–Trinajstić information content (AvgIpc) is 3.37. The summed E-state index contributed by atoms with van der Waals surface area (Å²) in [6.45, 7) is 6.67. The van der Waals surface area contributed by atoms with Crippen LogP contribution in [0.25, 0.3) is 0 Å². The van der Waals surface area contributed by atoms with Crippen molar-refractivity contribution in [3.8, 4) is 0 Å². The number of carbonyl (C=O) groups is 3. The third-order valence-corrected chi connectivity index (χ3v) is 14.5. The molecule has 1 unspecified atom stereocenters. The molecular weight excluding hydrogens is 877 g/mol. The number of rotatable bonds is 59. The highest BCUT2D eigenvalue weighted by Gasteiger charge is 2.19. The summed E-state index contributed by atoms with van der Waals surface area (Å²) in [4.78, 5) is 38.3. The van der Waals surface area contributed by atoms with E-state index in [1.165, 1.54) is 238 Å². The van der Waals surface area contributed by atoms with Crippen LogP contribution in [0.5, 0.6) is 0 Å². The van der Waals surface area contributed by atoms with E-state index in [9.17, 15) is 14.4 Å². The van der Waals surface area contributed by atoms with Crippen molar-refractivity contribution in [2.75, 3.05) is 13.2 Å². The highest BCUT2D eigenvalue weighted by molar-refractivity contribution is 5.71. The number of esters is 3. The molecule has 0 N–H and O–H groups in total. The Bertz CT molecular complexity index is 1150. The Morgan fingerprint density at radius 3 is 0.803 bits per heavy atom. The zero-order valence-electron chi connectivity index (χ0n) is 48.0. The van der Waals surface area contributed by atoms with Gasteiger partial charge in [-0.2, -0.15) is 0 Å². The van der Waals surface area contributed by atoms with Crippen LogP contribution < -0.4 is 0 Å². The third-order valence-electron chi connectivity index (χ3n) is 14.5. The molecule has 0 spiro atoms. The second-order valence-electron chi connectivity index (χ2n) is 21.7. The maximum absolute atomic E-state index is 12.9. The molecule has 0 amide bonds. The zero-order valence-corrected chi connectivity index (χ0v) is 48.0. The summed E-state index contributed by atoms with van der Waals surface area (Å²) in [6, 6.07) is 0. The minimum atomic E-state index is -0.773. The lowest BCUT2D eigenvalue weighted by atomic mass is 10.0. The molecule has 6 heteroatoms. The Balaban J connectivity index is 4.29. The van der Waals surface area contributed by atoms with Crippen LogP contribution in [0.4, 0.5) is 0 Å². The SMILES string of the molecule is CCCCC/C=C\C/C=C\CCCCCCCC(=O)OCC(COC(=O)CCCCCCCCCCCCCCCCCCCCCCC)OC(=O)CCCCCCCCCCCCCCCCCCC. The van der Waals surface area contributed by atoms with Crippen molar-refractivity contribution >= 4 is 17.9 Å². The molecule has 0 radical (unpaired) electrons. The summed E-state index contributed by atoms with van der Waals surface area (Å²) < 4.78 is 16.9. The second-order valence-corrected chi connectivity index (χ2v) is 21.7. The number of unbranched alkanes of at least 4 members (excludes halogenated alkanes) is 44. The molecule has 0 aromatic heterocycles. The fourth-order valence-corrected chi connectivity index (χ4v) is 9.65. The van der Waals surface area contributed by atoms with Crippen molar-refractivity contribution < 1.29 is 28.6 Å². The molecule has 71 heavy (non-hydrogen) atoms. The molecule has 0 rings (SSSR count). The summed E-state index contributed by atoms with van der Waals surface area (Å²) in [5.41, 5.74) is 0. The van der Waals surface area contributed by atoms with E-state index in [2.05, 4.69) is 45.1 Å². The molecule has 0 saturated heterocycles. The fourth-order valence-electron chi connectivity index (χ4n) is 9.65. The number of hydrogen-bond donors (Lipinski definition) is 0. The number of hydrogen-bond acceptors (Lipinski definition) is 6. The number of carbonyl (C=O) groups excluding carboxylic acids is 3. The van der Waals surface area contributed by atoms with Crippen LogP contribution in [-0.2, 0) is 28.6 Å². The molecule has 0 aliphatic rings. The molecular formula is C65H122O6. The predicted octanol–water partition coefficient (Wildman–Crippen LogP) is 21.4.